The molecule has 22 heavy (non-hydrogen) atoms. The molecule has 0 saturated heterocycles. The van der Waals surface area contributed by atoms with Gasteiger partial charge >= 0.3 is 0 Å². The minimum absolute atomic E-state index is 0.0560. The Kier molecular flexibility index (Phi) is 6.25. The first kappa shape index (κ1) is 16.8. The Hall–Kier alpha value is -1.55. The molecule has 1 aliphatic carbocycles. The summed E-state index contributed by atoms with van der Waals surface area (Å²) < 4.78 is 5.61. The highest BCUT2D eigenvalue weighted by molar-refractivity contribution is 5.77. The van der Waals surface area contributed by atoms with Gasteiger partial charge in [-0.15, -0.1) is 0 Å². The standard InChI is InChI=1S/C18H28N2O2/c1-4-20(5-2)14(3)12-19-18(21)13-22-17-10-9-15-7-6-8-16(15)11-17/h9-11,14H,4-8,12-13H2,1-3H3,(H,19,21). The lowest BCUT2D eigenvalue weighted by atomic mass is 10.1. The second-order valence-electron chi connectivity index (χ2n) is 5.95. The largest absolute Gasteiger partial charge is 0.484 e. The van der Waals surface area contributed by atoms with Gasteiger partial charge in [0.15, 0.2) is 6.61 Å². The summed E-state index contributed by atoms with van der Waals surface area (Å²) in [5.74, 6) is 0.743. The lowest BCUT2D eigenvalue weighted by Gasteiger charge is -2.26. The van der Waals surface area contributed by atoms with E-state index in [9.17, 15) is 4.79 Å². The summed E-state index contributed by atoms with van der Waals surface area (Å²) >= 11 is 0. The van der Waals surface area contributed by atoms with Gasteiger partial charge in [0, 0.05) is 12.6 Å². The zero-order valence-corrected chi connectivity index (χ0v) is 14.0. The van der Waals surface area contributed by atoms with Crippen molar-refractivity contribution >= 4 is 5.91 Å². The zero-order chi connectivity index (χ0) is 15.9. The molecule has 4 nitrogen and oxygen atoms in total. The lowest BCUT2D eigenvalue weighted by molar-refractivity contribution is -0.123. The Morgan fingerprint density at radius 1 is 1.27 bits per heavy atom. The highest BCUT2D eigenvalue weighted by Gasteiger charge is 2.13. The van der Waals surface area contributed by atoms with Crippen LogP contribution >= 0.6 is 0 Å². The maximum absolute atomic E-state index is 11.9. The van der Waals surface area contributed by atoms with E-state index in [4.69, 9.17) is 4.74 Å². The normalized spacial score (nSPS) is 14.7. The van der Waals surface area contributed by atoms with Crippen LogP contribution in [0.25, 0.3) is 0 Å². The Morgan fingerprint density at radius 3 is 2.73 bits per heavy atom. The molecule has 2 rings (SSSR count). The summed E-state index contributed by atoms with van der Waals surface area (Å²) in [4.78, 5) is 14.2. The van der Waals surface area contributed by atoms with Crippen molar-refractivity contribution in [2.75, 3.05) is 26.2 Å². The Labute approximate surface area is 133 Å². The van der Waals surface area contributed by atoms with Crippen LogP contribution in [0.2, 0.25) is 0 Å². The van der Waals surface area contributed by atoms with Gasteiger partial charge in [0.25, 0.3) is 5.91 Å². The van der Waals surface area contributed by atoms with Crippen LogP contribution in [0.5, 0.6) is 5.75 Å². The van der Waals surface area contributed by atoms with Crippen molar-refractivity contribution in [3.8, 4) is 5.75 Å². The van der Waals surface area contributed by atoms with E-state index in [1.54, 1.807) is 0 Å². The fraction of sp³-hybridized carbons (Fsp3) is 0.611. The van der Waals surface area contributed by atoms with Crippen molar-refractivity contribution in [3.63, 3.8) is 0 Å². The van der Waals surface area contributed by atoms with Gasteiger partial charge in [0.2, 0.25) is 0 Å². The number of nitrogens with zero attached hydrogens (tertiary/aromatic N) is 1. The third-order valence-corrected chi connectivity index (χ3v) is 4.47. The number of carbonyl (C=O) groups is 1. The Morgan fingerprint density at radius 2 is 2.00 bits per heavy atom. The molecule has 1 aromatic carbocycles. The van der Waals surface area contributed by atoms with Gasteiger partial charge in [-0.05, 0) is 62.5 Å². The van der Waals surface area contributed by atoms with Crippen molar-refractivity contribution < 1.29 is 9.53 Å². The first-order chi connectivity index (χ1) is 10.6. The maximum Gasteiger partial charge on any atom is 0.257 e. The molecule has 1 aromatic rings. The van der Waals surface area contributed by atoms with Gasteiger partial charge in [-0.2, -0.15) is 0 Å². The smallest absolute Gasteiger partial charge is 0.257 e. The van der Waals surface area contributed by atoms with Crippen LogP contribution in [0.1, 0.15) is 38.3 Å². The minimum atomic E-state index is -0.0560. The number of aryl methyl sites for hydroxylation is 2. The van der Waals surface area contributed by atoms with Gasteiger partial charge in [-0.25, -0.2) is 0 Å². The molecule has 122 valence electrons. The first-order valence-electron chi connectivity index (χ1n) is 8.39. The number of hydrogen-bond donors (Lipinski definition) is 1. The summed E-state index contributed by atoms with van der Waals surface area (Å²) in [5.41, 5.74) is 2.79. The average molecular weight is 304 g/mol. The molecule has 0 saturated carbocycles. The maximum atomic E-state index is 11.9. The predicted octanol–water partition coefficient (Wildman–Crippen LogP) is 2.40. The summed E-state index contributed by atoms with van der Waals surface area (Å²) in [6.07, 6.45) is 3.52. The highest BCUT2D eigenvalue weighted by Crippen LogP contribution is 2.25. The van der Waals surface area contributed by atoms with E-state index in [1.807, 2.05) is 6.07 Å². The van der Waals surface area contributed by atoms with Crippen LogP contribution in [0.15, 0.2) is 18.2 Å². The first-order valence-corrected chi connectivity index (χ1v) is 8.39. The van der Waals surface area contributed by atoms with Crippen LogP contribution in [-0.4, -0.2) is 43.1 Å². The van der Waals surface area contributed by atoms with Gasteiger partial charge in [0.1, 0.15) is 5.75 Å². The average Bonchev–Trinajstić information content (AvgIpc) is 2.99. The predicted molar refractivity (Wildman–Crippen MR) is 89.4 cm³/mol. The van der Waals surface area contributed by atoms with Crippen LogP contribution in [0, 0.1) is 0 Å². The number of fused-ring (bicyclic) bond motifs is 1. The summed E-state index contributed by atoms with van der Waals surface area (Å²) in [6.45, 7) is 9.16. The van der Waals surface area contributed by atoms with Crippen LogP contribution in [-0.2, 0) is 17.6 Å². The zero-order valence-electron chi connectivity index (χ0n) is 14.0. The van der Waals surface area contributed by atoms with Gasteiger partial charge in [-0.3, -0.25) is 9.69 Å². The molecule has 0 radical (unpaired) electrons. The van der Waals surface area contributed by atoms with Crippen LogP contribution in [0.4, 0.5) is 0 Å². The number of ether oxygens (including phenoxy) is 1. The summed E-state index contributed by atoms with van der Waals surface area (Å²) in [5, 5.41) is 2.95. The molecule has 1 atom stereocenters. The van der Waals surface area contributed by atoms with E-state index >= 15 is 0 Å². The molecular formula is C18H28N2O2. The number of nitrogens with one attached hydrogen (secondary N) is 1. The fourth-order valence-corrected chi connectivity index (χ4v) is 3.08. The number of rotatable bonds is 8. The van der Waals surface area contributed by atoms with Crippen molar-refractivity contribution in [1.29, 1.82) is 0 Å². The van der Waals surface area contributed by atoms with Gasteiger partial charge < -0.3 is 10.1 Å². The molecule has 0 spiro atoms. The number of hydrogen-bond acceptors (Lipinski definition) is 3. The van der Waals surface area contributed by atoms with E-state index in [0.717, 1.165) is 25.3 Å². The third kappa shape index (κ3) is 4.47. The summed E-state index contributed by atoms with van der Waals surface area (Å²) in [7, 11) is 0. The van der Waals surface area contributed by atoms with Crippen LogP contribution in [0.3, 0.4) is 0 Å². The van der Waals surface area contributed by atoms with E-state index < -0.39 is 0 Å². The second-order valence-corrected chi connectivity index (χ2v) is 5.95. The molecule has 1 amide bonds. The van der Waals surface area contributed by atoms with Crippen molar-refractivity contribution in [3.05, 3.63) is 29.3 Å². The Balaban J connectivity index is 1.74. The lowest BCUT2D eigenvalue weighted by Crippen LogP contribution is -2.43. The summed E-state index contributed by atoms with van der Waals surface area (Å²) in [6, 6.07) is 6.52. The molecule has 0 bridgehead atoms. The molecule has 4 heteroatoms. The molecule has 1 unspecified atom stereocenters. The Bertz CT molecular complexity index is 498. The van der Waals surface area contributed by atoms with Crippen molar-refractivity contribution in [2.24, 2.45) is 0 Å². The van der Waals surface area contributed by atoms with E-state index in [1.165, 1.54) is 24.0 Å². The number of likely N-dealkylation sites (N-methyl/N-ethyl adjacent to an activating group) is 1. The van der Waals surface area contributed by atoms with Gasteiger partial charge in [0.05, 0.1) is 0 Å². The number of amides is 1. The second kappa shape index (κ2) is 8.18. The molecule has 1 N–H and O–H groups in total. The van der Waals surface area contributed by atoms with Crippen LogP contribution < -0.4 is 10.1 Å². The fourth-order valence-electron chi connectivity index (χ4n) is 3.08. The molecular weight excluding hydrogens is 276 g/mol. The SMILES string of the molecule is CCN(CC)C(C)CNC(=O)COc1ccc2c(c1)CCC2. The quantitative estimate of drug-likeness (QED) is 0.802. The molecule has 0 heterocycles. The van der Waals surface area contributed by atoms with Crippen molar-refractivity contribution in [2.45, 2.75) is 46.1 Å². The highest BCUT2D eigenvalue weighted by atomic mass is 16.5. The van der Waals surface area contributed by atoms with E-state index in [0.29, 0.717) is 12.6 Å². The minimum Gasteiger partial charge on any atom is -0.484 e. The third-order valence-electron chi connectivity index (χ3n) is 4.47. The number of benzene rings is 1. The van der Waals surface area contributed by atoms with Crippen molar-refractivity contribution in [1.82, 2.24) is 10.2 Å². The van der Waals surface area contributed by atoms with Gasteiger partial charge in [-0.1, -0.05) is 19.9 Å². The molecule has 0 aromatic heterocycles. The monoisotopic (exact) mass is 304 g/mol. The van der Waals surface area contributed by atoms with E-state index in [2.05, 4.69) is 43.1 Å². The molecule has 0 fully saturated rings. The topological polar surface area (TPSA) is 41.6 Å². The molecule has 1 aliphatic rings. The van der Waals surface area contributed by atoms with E-state index in [-0.39, 0.29) is 12.5 Å². The number of carbonyl (C=O) groups excluding carboxylic acids is 1. The molecule has 0 aliphatic heterocycles.